The van der Waals surface area contributed by atoms with Crippen LogP contribution in [0.25, 0.3) is 5.69 Å². The quantitative estimate of drug-likeness (QED) is 0.633. The minimum atomic E-state index is -0.792. The van der Waals surface area contributed by atoms with E-state index in [1.165, 1.54) is 24.3 Å². The molecule has 4 rings (SSSR count). The van der Waals surface area contributed by atoms with Crippen molar-refractivity contribution in [2.24, 2.45) is 0 Å². The summed E-state index contributed by atoms with van der Waals surface area (Å²) in [6, 6.07) is 12.4. The highest BCUT2D eigenvalue weighted by Crippen LogP contribution is 2.11. The monoisotopic (exact) mass is 438 g/mol. The highest BCUT2D eigenvalue weighted by atomic mass is 19.1. The predicted molar refractivity (Wildman–Crippen MR) is 116 cm³/mol. The van der Waals surface area contributed by atoms with E-state index in [1.807, 2.05) is 25.1 Å². The summed E-state index contributed by atoms with van der Waals surface area (Å²) in [5, 5.41) is 6.71. The first-order valence-electron chi connectivity index (χ1n) is 10.4. The van der Waals surface area contributed by atoms with Gasteiger partial charge in [0.05, 0.1) is 18.3 Å². The topological polar surface area (TPSA) is 95.2 Å². The second-order valence-corrected chi connectivity index (χ2v) is 7.74. The van der Waals surface area contributed by atoms with Crippen LogP contribution in [0.1, 0.15) is 34.5 Å². The van der Waals surface area contributed by atoms with E-state index in [0.29, 0.717) is 6.61 Å². The van der Waals surface area contributed by atoms with Crippen molar-refractivity contribution in [3.05, 3.63) is 92.0 Å². The number of amides is 1. The molecule has 0 aliphatic carbocycles. The molecule has 3 aromatic rings. The Bertz CT molecular complexity index is 1240. The van der Waals surface area contributed by atoms with Crippen molar-refractivity contribution in [3.63, 3.8) is 0 Å². The fourth-order valence-electron chi connectivity index (χ4n) is 3.64. The van der Waals surface area contributed by atoms with Gasteiger partial charge in [-0.3, -0.25) is 14.2 Å². The summed E-state index contributed by atoms with van der Waals surface area (Å²) >= 11 is 0. The van der Waals surface area contributed by atoms with Crippen molar-refractivity contribution in [1.29, 1.82) is 0 Å². The zero-order chi connectivity index (χ0) is 22.7. The molecule has 2 heterocycles. The summed E-state index contributed by atoms with van der Waals surface area (Å²) < 4.78 is 20.8. The van der Waals surface area contributed by atoms with E-state index in [1.54, 1.807) is 6.07 Å². The summed E-state index contributed by atoms with van der Waals surface area (Å²) in [4.78, 5) is 39.0. The first kappa shape index (κ1) is 21.6. The van der Waals surface area contributed by atoms with Gasteiger partial charge in [0.15, 0.2) is 0 Å². The molecule has 32 heavy (non-hydrogen) atoms. The Kier molecular flexibility index (Phi) is 6.27. The van der Waals surface area contributed by atoms with Crippen LogP contribution < -0.4 is 16.6 Å². The Morgan fingerprint density at radius 3 is 2.69 bits per heavy atom. The third kappa shape index (κ3) is 4.67. The molecule has 9 heteroatoms. The zero-order valence-corrected chi connectivity index (χ0v) is 17.6. The van der Waals surface area contributed by atoms with Gasteiger partial charge in [-0.05, 0) is 49.6 Å². The lowest BCUT2D eigenvalue weighted by Gasteiger charge is -2.14. The molecule has 0 radical (unpaired) electrons. The van der Waals surface area contributed by atoms with Gasteiger partial charge >= 0.3 is 5.69 Å². The minimum absolute atomic E-state index is 0.0327. The Hall–Kier alpha value is -3.59. The molecule has 0 bridgehead atoms. The SMILES string of the molecule is Cc1cccc(Cn2c(=O)c(C(=O)NC[C@@H]3CCCO3)nn(-c3ccc(F)cc3)c2=O)c1. The normalized spacial score (nSPS) is 15.6. The number of nitrogens with zero attached hydrogens (tertiary/aromatic N) is 3. The lowest BCUT2D eigenvalue weighted by Crippen LogP contribution is -2.46. The van der Waals surface area contributed by atoms with Crippen LogP contribution in [0.3, 0.4) is 0 Å². The number of carbonyl (C=O) groups is 1. The molecule has 1 saturated heterocycles. The molecule has 8 nitrogen and oxygen atoms in total. The van der Waals surface area contributed by atoms with Gasteiger partial charge in [-0.1, -0.05) is 29.8 Å². The van der Waals surface area contributed by atoms with Crippen molar-refractivity contribution in [3.8, 4) is 5.69 Å². The van der Waals surface area contributed by atoms with Crippen LogP contribution in [0, 0.1) is 12.7 Å². The molecule has 1 aliphatic rings. The van der Waals surface area contributed by atoms with Crippen molar-refractivity contribution < 1.29 is 13.9 Å². The van der Waals surface area contributed by atoms with Gasteiger partial charge in [-0.2, -0.15) is 9.78 Å². The molecule has 166 valence electrons. The van der Waals surface area contributed by atoms with Crippen molar-refractivity contribution in [2.45, 2.75) is 32.4 Å². The van der Waals surface area contributed by atoms with Gasteiger partial charge in [0.1, 0.15) is 5.82 Å². The van der Waals surface area contributed by atoms with E-state index in [2.05, 4.69) is 10.4 Å². The number of benzene rings is 2. The van der Waals surface area contributed by atoms with Crippen LogP contribution in [0.4, 0.5) is 4.39 Å². The standard InChI is InChI=1S/C23H23FN4O4/c1-15-4-2-5-16(12-15)14-27-22(30)20(21(29)25-13-19-6-3-11-32-19)26-28(23(27)31)18-9-7-17(24)8-10-18/h2,4-5,7-10,12,19H,3,6,11,13-14H2,1H3,(H,25,29)/t19-/m0/s1. The molecule has 0 spiro atoms. The maximum Gasteiger partial charge on any atom is 0.352 e. The molecule has 1 aromatic heterocycles. The maximum absolute atomic E-state index is 13.4. The lowest BCUT2D eigenvalue weighted by atomic mass is 10.1. The fraction of sp³-hybridized carbons (Fsp3) is 0.304. The average molecular weight is 438 g/mol. The first-order valence-corrected chi connectivity index (χ1v) is 10.4. The summed E-state index contributed by atoms with van der Waals surface area (Å²) in [6.07, 6.45) is 1.62. The third-order valence-electron chi connectivity index (χ3n) is 5.28. The van der Waals surface area contributed by atoms with E-state index >= 15 is 0 Å². The van der Waals surface area contributed by atoms with E-state index < -0.39 is 28.7 Å². The fourth-order valence-corrected chi connectivity index (χ4v) is 3.64. The molecule has 1 N–H and O–H groups in total. The zero-order valence-electron chi connectivity index (χ0n) is 17.6. The number of aryl methyl sites for hydroxylation is 1. The van der Waals surface area contributed by atoms with Crippen molar-refractivity contribution in [2.75, 3.05) is 13.2 Å². The molecule has 2 aromatic carbocycles. The molecule has 1 atom stereocenters. The lowest BCUT2D eigenvalue weighted by molar-refractivity contribution is 0.0849. The van der Waals surface area contributed by atoms with Gasteiger partial charge in [-0.25, -0.2) is 9.18 Å². The Balaban J connectivity index is 1.76. The van der Waals surface area contributed by atoms with Crippen LogP contribution in [0.5, 0.6) is 0 Å². The molecule has 0 saturated carbocycles. The number of aromatic nitrogens is 3. The number of nitrogens with one attached hydrogen (secondary N) is 1. The number of hydrogen-bond acceptors (Lipinski definition) is 5. The summed E-state index contributed by atoms with van der Waals surface area (Å²) in [6.45, 7) is 2.75. The summed E-state index contributed by atoms with van der Waals surface area (Å²) in [5.41, 5.74) is 0.00501. The van der Waals surface area contributed by atoms with Crippen molar-refractivity contribution >= 4 is 5.91 Å². The van der Waals surface area contributed by atoms with E-state index in [4.69, 9.17) is 4.74 Å². The molecular weight excluding hydrogens is 415 g/mol. The highest BCUT2D eigenvalue weighted by molar-refractivity contribution is 5.91. The van der Waals surface area contributed by atoms with Crippen LogP contribution in [0.15, 0.2) is 58.1 Å². The second kappa shape index (κ2) is 9.27. The molecular formula is C23H23FN4O4. The number of carbonyl (C=O) groups excluding carboxylic acids is 1. The van der Waals surface area contributed by atoms with Gasteiger partial charge < -0.3 is 10.1 Å². The summed E-state index contributed by atoms with van der Waals surface area (Å²) in [5.74, 6) is -1.18. The minimum Gasteiger partial charge on any atom is -0.376 e. The number of ether oxygens (including phenoxy) is 1. The highest BCUT2D eigenvalue weighted by Gasteiger charge is 2.22. The largest absolute Gasteiger partial charge is 0.376 e. The van der Waals surface area contributed by atoms with Crippen molar-refractivity contribution in [1.82, 2.24) is 19.7 Å². The van der Waals surface area contributed by atoms with Gasteiger partial charge in [-0.15, -0.1) is 0 Å². The average Bonchev–Trinajstić information content (AvgIpc) is 3.30. The van der Waals surface area contributed by atoms with Crippen LogP contribution in [-0.2, 0) is 11.3 Å². The third-order valence-corrected chi connectivity index (χ3v) is 5.28. The molecule has 1 aliphatic heterocycles. The number of hydrogen-bond donors (Lipinski definition) is 1. The second-order valence-electron chi connectivity index (χ2n) is 7.74. The van der Waals surface area contributed by atoms with Crippen LogP contribution in [0.2, 0.25) is 0 Å². The van der Waals surface area contributed by atoms with Gasteiger partial charge in [0.25, 0.3) is 11.5 Å². The van der Waals surface area contributed by atoms with Crippen LogP contribution in [-0.4, -0.2) is 39.5 Å². The summed E-state index contributed by atoms with van der Waals surface area (Å²) in [7, 11) is 0. The van der Waals surface area contributed by atoms with Gasteiger partial charge in [0, 0.05) is 13.2 Å². The smallest absolute Gasteiger partial charge is 0.352 e. The number of halogens is 1. The molecule has 1 amide bonds. The first-order chi connectivity index (χ1) is 15.4. The number of rotatable bonds is 6. The predicted octanol–water partition coefficient (Wildman–Crippen LogP) is 1.80. The molecule has 1 fully saturated rings. The Labute approximate surface area is 183 Å². The van der Waals surface area contributed by atoms with E-state index in [0.717, 1.165) is 33.2 Å². The Morgan fingerprint density at radius 1 is 1.22 bits per heavy atom. The van der Waals surface area contributed by atoms with Crippen LogP contribution >= 0.6 is 0 Å². The van der Waals surface area contributed by atoms with E-state index in [-0.39, 0.29) is 24.9 Å². The van der Waals surface area contributed by atoms with Gasteiger partial charge in [0.2, 0.25) is 5.69 Å². The maximum atomic E-state index is 13.4. The van der Waals surface area contributed by atoms with E-state index in [9.17, 15) is 18.8 Å². The Morgan fingerprint density at radius 2 is 2.00 bits per heavy atom. The molecule has 0 unspecified atom stereocenters.